The molecule has 16 heavy (non-hydrogen) atoms. The second-order valence-electron chi connectivity index (χ2n) is 3.09. The Morgan fingerprint density at radius 1 is 1.38 bits per heavy atom. The van der Waals surface area contributed by atoms with Gasteiger partial charge in [0.05, 0.1) is 12.8 Å². The summed E-state index contributed by atoms with van der Waals surface area (Å²) in [5, 5.41) is 7.42. The van der Waals surface area contributed by atoms with Gasteiger partial charge >= 0.3 is 0 Å². The highest BCUT2D eigenvalue weighted by molar-refractivity contribution is 7.80. The normalized spacial score (nSPS) is 10.8. The van der Waals surface area contributed by atoms with Crippen molar-refractivity contribution in [2.75, 3.05) is 14.2 Å². The number of para-hydroxylation sites is 1. The first-order valence-corrected chi connectivity index (χ1v) is 5.25. The Hall–Kier alpha value is -1.62. The van der Waals surface area contributed by atoms with Gasteiger partial charge in [-0.1, -0.05) is 12.1 Å². The monoisotopic (exact) mass is 237 g/mol. The molecule has 5 heteroatoms. The number of hydrazone groups is 1. The van der Waals surface area contributed by atoms with Gasteiger partial charge in [-0.3, -0.25) is 5.43 Å². The lowest BCUT2D eigenvalue weighted by Crippen LogP contribution is -2.29. The molecular formula is C11H15N3OS. The maximum absolute atomic E-state index is 5.24. The van der Waals surface area contributed by atoms with Crippen LogP contribution in [-0.4, -0.2) is 25.0 Å². The van der Waals surface area contributed by atoms with Gasteiger partial charge in [0.2, 0.25) is 0 Å². The average Bonchev–Trinajstić information content (AvgIpc) is 2.35. The largest absolute Gasteiger partial charge is 0.496 e. The number of nitrogens with zero attached hydrogens (tertiary/aromatic N) is 1. The standard InChI is InChI=1S/C11H15N3OS/c1-8(13-14-11(16)12-2)9-6-4-5-7-10(9)15-3/h4-7H,1-3H3,(H2,12,14,16). The third-order valence-corrected chi connectivity index (χ3v) is 2.34. The highest BCUT2D eigenvalue weighted by Gasteiger charge is 2.04. The van der Waals surface area contributed by atoms with E-state index in [2.05, 4.69) is 15.8 Å². The molecule has 0 saturated heterocycles. The number of hydrogen-bond donors (Lipinski definition) is 2. The van der Waals surface area contributed by atoms with Crippen LogP contribution in [0.25, 0.3) is 0 Å². The molecule has 0 unspecified atom stereocenters. The van der Waals surface area contributed by atoms with Gasteiger partial charge in [0.15, 0.2) is 5.11 Å². The maximum Gasteiger partial charge on any atom is 0.186 e. The van der Waals surface area contributed by atoms with Gasteiger partial charge in [-0.2, -0.15) is 5.10 Å². The quantitative estimate of drug-likeness (QED) is 0.475. The van der Waals surface area contributed by atoms with Crippen molar-refractivity contribution in [2.45, 2.75) is 6.92 Å². The number of benzene rings is 1. The molecule has 1 aromatic rings. The van der Waals surface area contributed by atoms with Crippen LogP contribution in [0.1, 0.15) is 12.5 Å². The third-order valence-electron chi connectivity index (χ3n) is 2.05. The summed E-state index contributed by atoms with van der Waals surface area (Å²) in [6.45, 7) is 1.89. The molecule has 4 nitrogen and oxygen atoms in total. The summed E-state index contributed by atoms with van der Waals surface area (Å²) < 4.78 is 5.24. The minimum atomic E-state index is 0.481. The molecule has 0 amide bonds. The predicted molar refractivity (Wildman–Crippen MR) is 70.0 cm³/mol. The number of thiocarbonyl (C=S) groups is 1. The first-order valence-electron chi connectivity index (χ1n) is 4.84. The van der Waals surface area contributed by atoms with Crippen molar-refractivity contribution in [3.8, 4) is 5.75 Å². The van der Waals surface area contributed by atoms with E-state index >= 15 is 0 Å². The fraction of sp³-hybridized carbons (Fsp3) is 0.273. The summed E-state index contributed by atoms with van der Waals surface area (Å²) in [6.07, 6.45) is 0. The van der Waals surface area contributed by atoms with Crippen LogP contribution < -0.4 is 15.5 Å². The van der Waals surface area contributed by atoms with Gasteiger partial charge < -0.3 is 10.1 Å². The fourth-order valence-corrected chi connectivity index (χ4v) is 1.24. The predicted octanol–water partition coefficient (Wildman–Crippen LogP) is 1.51. The number of nitrogens with one attached hydrogen (secondary N) is 2. The zero-order chi connectivity index (χ0) is 12.0. The van der Waals surface area contributed by atoms with E-state index in [9.17, 15) is 0 Å². The molecule has 0 aliphatic rings. The second-order valence-corrected chi connectivity index (χ2v) is 3.50. The van der Waals surface area contributed by atoms with E-state index < -0.39 is 0 Å². The van der Waals surface area contributed by atoms with Crippen molar-refractivity contribution >= 4 is 23.0 Å². The molecule has 0 radical (unpaired) electrons. The zero-order valence-electron chi connectivity index (χ0n) is 9.57. The molecule has 0 atom stereocenters. The third kappa shape index (κ3) is 3.20. The SMILES string of the molecule is CNC(=S)NN=C(C)c1ccccc1OC. The van der Waals surface area contributed by atoms with E-state index in [0.29, 0.717) is 5.11 Å². The molecule has 0 fully saturated rings. The van der Waals surface area contributed by atoms with Crippen LogP contribution in [0, 0.1) is 0 Å². The van der Waals surface area contributed by atoms with Crippen molar-refractivity contribution in [1.29, 1.82) is 0 Å². The minimum Gasteiger partial charge on any atom is -0.496 e. The molecule has 0 saturated carbocycles. The first kappa shape index (κ1) is 12.4. The Morgan fingerprint density at radius 3 is 2.69 bits per heavy atom. The molecular weight excluding hydrogens is 222 g/mol. The molecule has 0 spiro atoms. The van der Waals surface area contributed by atoms with E-state index in [1.807, 2.05) is 31.2 Å². The van der Waals surface area contributed by atoms with Crippen LogP contribution in [0.5, 0.6) is 5.75 Å². The molecule has 1 aromatic carbocycles. The summed E-state index contributed by atoms with van der Waals surface area (Å²) >= 11 is 4.92. The molecule has 0 bridgehead atoms. The van der Waals surface area contributed by atoms with Crippen molar-refractivity contribution in [3.63, 3.8) is 0 Å². The highest BCUT2D eigenvalue weighted by atomic mass is 32.1. The van der Waals surface area contributed by atoms with E-state index in [1.54, 1.807) is 14.2 Å². The average molecular weight is 237 g/mol. The lowest BCUT2D eigenvalue weighted by Gasteiger charge is -2.08. The number of rotatable bonds is 3. The summed E-state index contributed by atoms with van der Waals surface area (Å²) in [6, 6.07) is 7.70. The van der Waals surface area contributed by atoms with Crippen LogP contribution in [0.3, 0.4) is 0 Å². The maximum atomic E-state index is 5.24. The molecule has 86 valence electrons. The number of methoxy groups -OCH3 is 1. The number of hydrogen-bond acceptors (Lipinski definition) is 3. The van der Waals surface area contributed by atoms with Crippen LogP contribution in [0.4, 0.5) is 0 Å². The smallest absolute Gasteiger partial charge is 0.186 e. The molecule has 1 rings (SSSR count). The molecule has 0 aliphatic carbocycles. The molecule has 2 N–H and O–H groups in total. The van der Waals surface area contributed by atoms with Gasteiger partial charge in [0.1, 0.15) is 5.75 Å². The topological polar surface area (TPSA) is 45.7 Å². The Labute approximate surface area is 101 Å². The van der Waals surface area contributed by atoms with Crippen LogP contribution in [-0.2, 0) is 0 Å². The highest BCUT2D eigenvalue weighted by Crippen LogP contribution is 2.17. The summed E-state index contributed by atoms with van der Waals surface area (Å²) in [5.74, 6) is 0.793. The minimum absolute atomic E-state index is 0.481. The summed E-state index contributed by atoms with van der Waals surface area (Å²) in [4.78, 5) is 0. The van der Waals surface area contributed by atoms with Crippen LogP contribution in [0.15, 0.2) is 29.4 Å². The Balaban J connectivity index is 2.86. The Morgan fingerprint density at radius 2 is 2.06 bits per heavy atom. The van der Waals surface area contributed by atoms with E-state index in [1.165, 1.54) is 0 Å². The van der Waals surface area contributed by atoms with Gasteiger partial charge in [-0.05, 0) is 31.3 Å². The first-order chi connectivity index (χ1) is 7.69. The van der Waals surface area contributed by atoms with E-state index in [4.69, 9.17) is 17.0 Å². The second kappa shape index (κ2) is 6.07. The fourth-order valence-electron chi connectivity index (χ4n) is 1.19. The Kier molecular flexibility index (Phi) is 4.72. The Bertz CT molecular complexity index is 404. The zero-order valence-corrected chi connectivity index (χ0v) is 10.4. The molecule has 0 aromatic heterocycles. The van der Waals surface area contributed by atoms with Crippen LogP contribution >= 0.6 is 12.2 Å². The van der Waals surface area contributed by atoms with Gasteiger partial charge in [-0.15, -0.1) is 0 Å². The molecule has 0 heterocycles. The number of ether oxygens (including phenoxy) is 1. The lowest BCUT2D eigenvalue weighted by molar-refractivity contribution is 0.414. The van der Waals surface area contributed by atoms with Crippen molar-refractivity contribution in [3.05, 3.63) is 29.8 Å². The van der Waals surface area contributed by atoms with Crippen LogP contribution in [0.2, 0.25) is 0 Å². The van der Waals surface area contributed by atoms with Gasteiger partial charge in [0, 0.05) is 12.6 Å². The molecule has 0 aliphatic heterocycles. The van der Waals surface area contributed by atoms with Crippen molar-refractivity contribution < 1.29 is 4.74 Å². The summed E-state index contributed by atoms with van der Waals surface area (Å²) in [7, 11) is 3.38. The van der Waals surface area contributed by atoms with Crippen molar-refractivity contribution in [1.82, 2.24) is 10.7 Å². The summed E-state index contributed by atoms with van der Waals surface area (Å²) in [5.41, 5.74) is 4.49. The van der Waals surface area contributed by atoms with E-state index in [-0.39, 0.29) is 0 Å². The van der Waals surface area contributed by atoms with Gasteiger partial charge in [0.25, 0.3) is 0 Å². The lowest BCUT2D eigenvalue weighted by atomic mass is 10.1. The van der Waals surface area contributed by atoms with Gasteiger partial charge in [-0.25, -0.2) is 0 Å². The van der Waals surface area contributed by atoms with Crippen molar-refractivity contribution in [2.24, 2.45) is 5.10 Å². The van der Waals surface area contributed by atoms with E-state index in [0.717, 1.165) is 17.0 Å².